The Morgan fingerprint density at radius 1 is 0.395 bits per heavy atom. The maximum Gasteiger partial charge on any atom is 0.251 e. The first kappa shape index (κ1) is 55.6. The number of nitrogens with one attached hydrogen (secondary N) is 6. The fraction of sp³-hybridized carbons (Fsp3) is 0.381. The molecule has 0 radical (unpaired) electrons. The van der Waals surface area contributed by atoms with Gasteiger partial charge in [-0.2, -0.15) is 0 Å². The lowest BCUT2D eigenvalue weighted by Gasteiger charge is -2.27. The quantitative estimate of drug-likeness (QED) is 0.0796. The van der Waals surface area contributed by atoms with Crippen molar-refractivity contribution >= 4 is 52.1 Å². The first-order valence-corrected chi connectivity index (χ1v) is 29.4. The number of rotatable bonds is 9. The molecule has 0 atom stereocenters. The molecular formula is C63H75N15O3. The lowest BCUT2D eigenvalue weighted by atomic mass is 9.93. The molecule has 9 heterocycles. The molecule has 9 aromatic rings. The third-order valence-corrected chi connectivity index (χ3v) is 15.6. The summed E-state index contributed by atoms with van der Waals surface area (Å²) in [5.74, 6) is 2.55. The van der Waals surface area contributed by atoms with Gasteiger partial charge in [0.1, 0.15) is 0 Å². The van der Waals surface area contributed by atoms with E-state index in [1.165, 1.54) is 77.0 Å². The van der Waals surface area contributed by atoms with Crippen molar-refractivity contribution in [2.45, 2.75) is 156 Å². The zero-order chi connectivity index (χ0) is 56.4. The van der Waals surface area contributed by atoms with Gasteiger partial charge in [-0.15, -0.1) is 0 Å². The molecule has 6 aliphatic rings. The normalized spacial score (nSPS) is 16.0. The van der Waals surface area contributed by atoms with E-state index in [-0.39, 0.29) is 17.7 Å². The van der Waals surface area contributed by atoms with Crippen LogP contribution in [0, 0.1) is 0 Å². The summed E-state index contributed by atoms with van der Waals surface area (Å²) in [5, 5.41) is 19.2. The fourth-order valence-corrected chi connectivity index (χ4v) is 11.3. The van der Waals surface area contributed by atoms with E-state index in [1.807, 2.05) is 121 Å². The fourth-order valence-electron chi connectivity index (χ4n) is 11.3. The van der Waals surface area contributed by atoms with Crippen LogP contribution in [0.5, 0.6) is 0 Å². The van der Waals surface area contributed by atoms with Gasteiger partial charge in [-0.1, -0.05) is 91.8 Å². The highest BCUT2D eigenvalue weighted by molar-refractivity contribution is 6.00. The molecule has 0 bridgehead atoms. The van der Waals surface area contributed by atoms with Crippen LogP contribution in [-0.4, -0.2) is 79.0 Å². The number of fused-ring (bicyclic) bond motifs is 6. The Morgan fingerprint density at radius 2 is 0.691 bits per heavy atom. The van der Waals surface area contributed by atoms with Crippen molar-refractivity contribution in [3.8, 4) is 33.8 Å². The van der Waals surface area contributed by atoms with Crippen LogP contribution in [0.2, 0.25) is 0 Å². The third-order valence-electron chi connectivity index (χ3n) is 15.6. The summed E-state index contributed by atoms with van der Waals surface area (Å²) >= 11 is 0. The summed E-state index contributed by atoms with van der Waals surface area (Å²) in [6.45, 7) is 13.8. The van der Waals surface area contributed by atoms with Crippen molar-refractivity contribution in [2.24, 2.45) is 0 Å². The number of imidazole rings is 3. The molecule has 0 spiro atoms. The summed E-state index contributed by atoms with van der Waals surface area (Å²) in [6.07, 6.45) is 31.9. The lowest BCUT2D eigenvalue weighted by Crippen LogP contribution is -2.27. The number of amides is 3. The van der Waals surface area contributed by atoms with E-state index < -0.39 is 0 Å². The van der Waals surface area contributed by atoms with Gasteiger partial charge >= 0.3 is 0 Å². The van der Waals surface area contributed by atoms with Crippen molar-refractivity contribution in [1.29, 1.82) is 0 Å². The highest BCUT2D eigenvalue weighted by Crippen LogP contribution is 2.33. The molecule has 18 heteroatoms. The third kappa shape index (κ3) is 11.7. The number of carbonyl (C=O) groups is 3. The Morgan fingerprint density at radius 3 is 0.988 bits per heavy atom. The van der Waals surface area contributed by atoms with Crippen molar-refractivity contribution in [3.05, 3.63) is 144 Å². The zero-order valence-corrected chi connectivity index (χ0v) is 47.5. The number of aromatic nitrogens is 9. The highest BCUT2D eigenvalue weighted by Gasteiger charge is 2.25. The summed E-state index contributed by atoms with van der Waals surface area (Å²) < 4.78 is 6.19. The van der Waals surface area contributed by atoms with Crippen molar-refractivity contribution in [2.75, 3.05) is 16.0 Å². The number of anilines is 3. The summed E-state index contributed by atoms with van der Waals surface area (Å²) in [6, 6.07) is 19.3. The molecule has 3 aliphatic carbocycles. The van der Waals surface area contributed by atoms with Gasteiger partial charge in [-0.3, -0.25) is 27.6 Å². The van der Waals surface area contributed by atoms with E-state index in [0.717, 1.165) is 102 Å². The number of hydrogen-bond donors (Lipinski definition) is 6. The Balaban J connectivity index is 0.000000130. The van der Waals surface area contributed by atoms with Crippen LogP contribution in [0.1, 0.15) is 166 Å². The smallest absolute Gasteiger partial charge is 0.251 e. The van der Waals surface area contributed by atoms with Gasteiger partial charge in [0.15, 0.2) is 34.4 Å². The van der Waals surface area contributed by atoms with Crippen LogP contribution in [0.3, 0.4) is 0 Å². The molecule has 0 saturated heterocycles. The van der Waals surface area contributed by atoms with Crippen LogP contribution in [0.4, 0.5) is 17.5 Å². The van der Waals surface area contributed by atoms with Gasteiger partial charge < -0.3 is 31.9 Å². The Bertz CT molecular complexity index is 3680. The predicted molar refractivity (Wildman–Crippen MR) is 320 cm³/mol. The highest BCUT2D eigenvalue weighted by atomic mass is 16.2. The molecule has 6 N–H and O–H groups in total. The van der Waals surface area contributed by atoms with Crippen molar-refractivity contribution in [1.82, 2.24) is 59.1 Å². The number of nitrogens with zero attached hydrogens (tertiary/aromatic N) is 9. The van der Waals surface area contributed by atoms with Crippen LogP contribution < -0.4 is 31.9 Å². The van der Waals surface area contributed by atoms with E-state index in [4.69, 9.17) is 0 Å². The molecule has 3 aromatic carbocycles. The molecule has 0 unspecified atom stereocenters. The minimum absolute atomic E-state index is 0.00231. The molecule has 3 aliphatic heterocycles. The van der Waals surface area contributed by atoms with Gasteiger partial charge in [0.05, 0.1) is 35.7 Å². The molecule has 15 rings (SSSR count). The number of benzene rings is 3. The molecule has 3 amide bonds. The minimum Gasteiger partial charge on any atom is -0.364 e. The molecule has 420 valence electrons. The second kappa shape index (κ2) is 25.6. The SMILES string of the molecule is CC.CC.CC.O=C1NCc2cc(-c3cnc(NC4CCC4)c4nccn34)ccc21.O=C1NCc2cc(-c3cnc(NC4CCCC4)c4nccn34)ccc21.O=C1NCc2cc(-c3cnc(NC4CCCCC4)c4nccn34)ccc21. The summed E-state index contributed by atoms with van der Waals surface area (Å²) in [7, 11) is 0. The minimum atomic E-state index is 0.00231. The second-order valence-electron chi connectivity index (χ2n) is 20.4. The summed E-state index contributed by atoms with van der Waals surface area (Å²) in [5.41, 5.74) is 14.0. The van der Waals surface area contributed by atoms with E-state index >= 15 is 0 Å². The molecule has 81 heavy (non-hydrogen) atoms. The largest absolute Gasteiger partial charge is 0.364 e. The number of carbonyl (C=O) groups excluding carboxylic acids is 3. The Kier molecular flexibility index (Phi) is 17.6. The lowest BCUT2D eigenvalue weighted by molar-refractivity contribution is 0.0957. The van der Waals surface area contributed by atoms with Crippen molar-refractivity contribution in [3.63, 3.8) is 0 Å². The van der Waals surface area contributed by atoms with E-state index in [0.29, 0.717) is 37.8 Å². The van der Waals surface area contributed by atoms with Crippen LogP contribution in [0.25, 0.3) is 50.7 Å². The molecule has 3 fully saturated rings. The molecule has 6 aromatic heterocycles. The van der Waals surface area contributed by atoms with Gasteiger partial charge in [-0.05, 0) is 98.0 Å². The van der Waals surface area contributed by atoms with Crippen LogP contribution in [-0.2, 0) is 19.6 Å². The topological polar surface area (TPSA) is 214 Å². The van der Waals surface area contributed by atoms with Gasteiger partial charge in [0.2, 0.25) is 0 Å². The van der Waals surface area contributed by atoms with E-state index in [1.54, 1.807) is 12.4 Å². The van der Waals surface area contributed by atoms with Gasteiger partial charge in [0.25, 0.3) is 17.7 Å². The van der Waals surface area contributed by atoms with Gasteiger partial charge in [0, 0.05) is 108 Å². The Hall–Kier alpha value is -8.67. The average molecular weight is 1090 g/mol. The molecule has 3 saturated carbocycles. The van der Waals surface area contributed by atoms with Crippen LogP contribution >= 0.6 is 0 Å². The summed E-state index contributed by atoms with van der Waals surface area (Å²) in [4.78, 5) is 62.7. The first-order chi connectivity index (χ1) is 39.9. The van der Waals surface area contributed by atoms with E-state index in [2.05, 4.69) is 93.2 Å². The number of hydrogen-bond acceptors (Lipinski definition) is 12. The maximum atomic E-state index is 11.8. The van der Waals surface area contributed by atoms with Gasteiger partial charge in [-0.25, -0.2) is 29.9 Å². The average Bonchev–Trinajstić information content (AvgIpc) is 4.43. The molecule has 18 nitrogen and oxygen atoms in total. The van der Waals surface area contributed by atoms with E-state index in [9.17, 15) is 14.4 Å². The monoisotopic (exact) mass is 1090 g/mol. The standard InChI is InChI=1S/C20H21N5O.C19H19N5O.C18H17N5O.3C2H6/c26-20-16-7-6-13(10-14(16)11-23-20)17-12-22-18(19-21-8-9-25(17)19)24-15-4-2-1-3-5-15;25-19-15-6-5-12(9-13(15)10-22-19)16-11-21-17(18-20-7-8-24(16)18)23-14-3-1-2-4-14;24-18-14-5-4-11(8-12(14)9-21-18)15-10-20-16(22-13-2-1-3-13)17-19-6-7-23(15)17;3*1-2/h6-10,12,15H,1-5,11H2,(H,22,24)(H,23,26);5-9,11,14H,1-4,10H2,(H,21,23)(H,22,25);4-8,10,13H,1-3,9H2,(H,20,22)(H,21,24);3*1-2H3. The first-order valence-electron chi connectivity index (χ1n) is 29.4. The predicted octanol–water partition coefficient (Wildman–Crippen LogP) is 12.1. The van der Waals surface area contributed by atoms with Crippen LogP contribution in [0.15, 0.2) is 110 Å². The zero-order valence-electron chi connectivity index (χ0n) is 47.5. The molecular weight excluding hydrogens is 1010 g/mol. The second-order valence-corrected chi connectivity index (χ2v) is 20.4. The van der Waals surface area contributed by atoms with Crippen molar-refractivity contribution < 1.29 is 14.4 Å². The maximum absolute atomic E-state index is 11.8. The Labute approximate surface area is 473 Å².